The summed E-state index contributed by atoms with van der Waals surface area (Å²) in [7, 11) is 0. The Balaban J connectivity index is 1.60. The van der Waals surface area contributed by atoms with Crippen LogP contribution in [0.5, 0.6) is 0 Å². The number of carboxylic acid groups (broad SMARTS) is 1. The minimum Gasteiger partial charge on any atom is -0.480 e. The molecule has 2 aromatic rings. The van der Waals surface area contributed by atoms with Crippen molar-refractivity contribution < 1.29 is 48.6 Å². The number of rotatable bonds is 33. The lowest BCUT2D eigenvalue weighted by Crippen LogP contribution is -2.60. The average molecular weight is 894 g/mol. The summed E-state index contributed by atoms with van der Waals surface area (Å²) in [5, 5.41) is 32.8. The smallest absolute Gasteiger partial charge is 0.326 e. The third kappa shape index (κ3) is 22.5. The lowest BCUT2D eigenvalue weighted by atomic mass is 10.00. The Morgan fingerprint density at radius 3 is 1.31 bits per heavy atom. The Morgan fingerprint density at radius 1 is 0.500 bits per heavy atom. The third-order valence-corrected chi connectivity index (χ3v) is 10.8. The fourth-order valence-corrected chi connectivity index (χ4v) is 7.10. The number of hydrogen-bond donors (Lipinski definition) is 9. The number of carboxylic acids is 1. The van der Waals surface area contributed by atoms with Gasteiger partial charge in [-0.1, -0.05) is 139 Å². The van der Waals surface area contributed by atoms with Crippen molar-refractivity contribution in [2.75, 3.05) is 0 Å². The standard InChI is InChI=1S/C47H71N7O10/c1-31(2)41(45(61)51-35(43(49)59)28-33-22-16-14-17-23-33)54-46(62)42(32(3)55)53-40(58)27-21-13-11-9-7-5-4-6-8-10-12-20-26-39(57)50-36(30-38(48)56)44(60)52-37(47(63)64)29-34-24-18-15-19-25-34/h14-19,22-25,31-32,35-37,41-42,55H,4-13,20-21,26-30H2,1-3H3,(H2,48,56)(H2,49,59)(H,50,57)(H,51,61)(H,52,60)(H,53,58)(H,54,62)(H,63,64)/t32-,35-,36-,37-,41-,42-/m0/s1. The maximum Gasteiger partial charge on any atom is 0.326 e. The van der Waals surface area contributed by atoms with Gasteiger partial charge in [0.25, 0.3) is 0 Å². The van der Waals surface area contributed by atoms with E-state index in [4.69, 9.17) is 11.5 Å². The number of aliphatic carboxylic acids is 1. The van der Waals surface area contributed by atoms with Crippen molar-refractivity contribution in [3.63, 3.8) is 0 Å². The average Bonchev–Trinajstić information content (AvgIpc) is 3.24. The Morgan fingerprint density at radius 2 is 0.906 bits per heavy atom. The van der Waals surface area contributed by atoms with E-state index in [1.165, 1.54) is 6.92 Å². The predicted molar refractivity (Wildman–Crippen MR) is 242 cm³/mol. The van der Waals surface area contributed by atoms with E-state index in [0.29, 0.717) is 18.4 Å². The van der Waals surface area contributed by atoms with E-state index in [0.717, 1.165) is 69.8 Å². The van der Waals surface area contributed by atoms with Gasteiger partial charge in [0.1, 0.15) is 30.2 Å². The van der Waals surface area contributed by atoms with Gasteiger partial charge >= 0.3 is 5.97 Å². The number of aliphatic hydroxyl groups is 1. The third-order valence-electron chi connectivity index (χ3n) is 10.8. The van der Waals surface area contributed by atoms with Crippen molar-refractivity contribution in [2.24, 2.45) is 17.4 Å². The summed E-state index contributed by atoms with van der Waals surface area (Å²) in [6.45, 7) is 4.83. The molecule has 0 aliphatic carbocycles. The quantitative estimate of drug-likeness (QED) is 0.0473. The molecule has 0 radical (unpaired) electrons. The summed E-state index contributed by atoms with van der Waals surface area (Å²) in [4.78, 5) is 100. The molecule has 0 bridgehead atoms. The normalized spacial score (nSPS) is 13.9. The van der Waals surface area contributed by atoms with Gasteiger partial charge in [0.15, 0.2) is 0 Å². The summed E-state index contributed by atoms with van der Waals surface area (Å²) >= 11 is 0. The number of benzene rings is 2. The van der Waals surface area contributed by atoms with Crippen LogP contribution in [0.3, 0.4) is 0 Å². The lowest BCUT2D eigenvalue weighted by molar-refractivity contribution is -0.142. The number of aliphatic hydroxyl groups excluding tert-OH is 1. The fourth-order valence-electron chi connectivity index (χ4n) is 7.10. The van der Waals surface area contributed by atoms with Crippen LogP contribution in [-0.2, 0) is 51.2 Å². The topological polar surface area (TPSA) is 289 Å². The minimum atomic E-state index is -1.28. The molecular weight excluding hydrogens is 823 g/mol. The number of amides is 7. The number of hydrogen-bond acceptors (Lipinski definition) is 9. The number of nitrogens with one attached hydrogen (secondary N) is 5. The van der Waals surface area contributed by atoms with Crippen molar-refractivity contribution in [2.45, 2.75) is 166 Å². The highest BCUT2D eigenvalue weighted by Gasteiger charge is 2.33. The molecule has 17 nitrogen and oxygen atoms in total. The van der Waals surface area contributed by atoms with Crippen LogP contribution in [0.2, 0.25) is 0 Å². The highest BCUT2D eigenvalue weighted by molar-refractivity contribution is 5.95. The first kappa shape index (κ1) is 54.3. The number of nitrogens with two attached hydrogens (primary N) is 2. The van der Waals surface area contributed by atoms with Crippen LogP contribution in [0.4, 0.5) is 0 Å². The Labute approximate surface area is 377 Å². The largest absolute Gasteiger partial charge is 0.480 e. The van der Waals surface area contributed by atoms with Gasteiger partial charge in [0.05, 0.1) is 12.5 Å². The molecule has 0 spiro atoms. The maximum atomic E-state index is 13.2. The molecule has 0 saturated carbocycles. The number of primary amides is 2. The highest BCUT2D eigenvalue weighted by Crippen LogP contribution is 2.14. The molecule has 0 aliphatic rings. The first-order valence-corrected chi connectivity index (χ1v) is 22.5. The summed E-state index contributed by atoms with van der Waals surface area (Å²) in [5.74, 6) is -6.06. The van der Waals surface area contributed by atoms with Gasteiger partial charge in [-0.2, -0.15) is 0 Å². The summed E-state index contributed by atoms with van der Waals surface area (Å²) < 4.78 is 0. The van der Waals surface area contributed by atoms with E-state index in [-0.39, 0.29) is 37.5 Å². The van der Waals surface area contributed by atoms with Crippen LogP contribution in [0.25, 0.3) is 0 Å². The van der Waals surface area contributed by atoms with Gasteiger partial charge in [-0.3, -0.25) is 33.6 Å². The van der Waals surface area contributed by atoms with E-state index in [2.05, 4.69) is 26.6 Å². The van der Waals surface area contributed by atoms with E-state index in [1.54, 1.807) is 44.2 Å². The molecule has 11 N–H and O–H groups in total. The zero-order valence-electron chi connectivity index (χ0n) is 37.7. The zero-order valence-corrected chi connectivity index (χ0v) is 37.7. The van der Waals surface area contributed by atoms with Gasteiger partial charge in [-0.15, -0.1) is 0 Å². The molecule has 7 amide bonds. The Kier molecular flexibility index (Phi) is 25.7. The molecule has 6 atom stereocenters. The minimum absolute atomic E-state index is 0.0343. The SMILES string of the molecule is CC(C)[C@H](NC(=O)[C@@H](NC(=O)CCCCCCCCCCCCCCC(=O)N[C@@H](CC(N)=O)C(=O)N[C@@H](Cc1ccccc1)C(=O)O)[C@H](C)O)C(=O)N[C@@H](Cc1ccccc1)C(N)=O. The molecule has 0 aliphatic heterocycles. The second kappa shape index (κ2) is 30.3. The maximum absolute atomic E-state index is 13.2. The van der Waals surface area contributed by atoms with Crippen molar-refractivity contribution in [3.05, 3.63) is 71.8 Å². The van der Waals surface area contributed by atoms with E-state index < -0.39 is 84.1 Å². The van der Waals surface area contributed by atoms with Gasteiger partial charge in [-0.05, 0) is 36.8 Å². The molecule has 0 heterocycles. The summed E-state index contributed by atoms with van der Waals surface area (Å²) in [6.07, 6.45) is 9.94. The first-order chi connectivity index (χ1) is 30.5. The van der Waals surface area contributed by atoms with Crippen molar-refractivity contribution in [1.82, 2.24) is 26.6 Å². The molecule has 0 aromatic heterocycles. The van der Waals surface area contributed by atoms with Crippen LogP contribution in [0.15, 0.2) is 60.7 Å². The molecule has 64 heavy (non-hydrogen) atoms. The van der Waals surface area contributed by atoms with Crippen LogP contribution in [0, 0.1) is 5.92 Å². The summed E-state index contributed by atoms with van der Waals surface area (Å²) in [5.41, 5.74) is 12.4. The van der Waals surface area contributed by atoms with Gasteiger partial charge in [0, 0.05) is 25.7 Å². The molecular formula is C47H71N7O10. The molecule has 2 aromatic carbocycles. The summed E-state index contributed by atoms with van der Waals surface area (Å²) in [6, 6.07) is 12.0. The van der Waals surface area contributed by atoms with Gasteiger partial charge < -0.3 is 48.3 Å². The van der Waals surface area contributed by atoms with Crippen LogP contribution >= 0.6 is 0 Å². The second-order valence-corrected chi connectivity index (χ2v) is 16.8. The highest BCUT2D eigenvalue weighted by atomic mass is 16.4. The zero-order chi connectivity index (χ0) is 47.4. The predicted octanol–water partition coefficient (Wildman–Crippen LogP) is 2.84. The van der Waals surface area contributed by atoms with E-state index in [9.17, 15) is 48.6 Å². The van der Waals surface area contributed by atoms with Crippen molar-refractivity contribution in [1.29, 1.82) is 0 Å². The first-order valence-electron chi connectivity index (χ1n) is 22.5. The molecule has 0 saturated heterocycles. The number of unbranched alkanes of at least 4 members (excludes halogenated alkanes) is 11. The van der Waals surface area contributed by atoms with E-state index in [1.807, 2.05) is 30.3 Å². The molecule has 2 rings (SSSR count). The Hall–Kier alpha value is -5.84. The second-order valence-electron chi connectivity index (χ2n) is 16.8. The molecule has 17 heteroatoms. The van der Waals surface area contributed by atoms with Gasteiger partial charge in [-0.25, -0.2) is 4.79 Å². The van der Waals surface area contributed by atoms with Crippen LogP contribution in [0.1, 0.15) is 128 Å². The van der Waals surface area contributed by atoms with Gasteiger partial charge in [0.2, 0.25) is 41.4 Å². The fraction of sp³-hybridized carbons (Fsp3) is 0.574. The Bertz CT molecular complexity index is 1780. The van der Waals surface area contributed by atoms with Crippen molar-refractivity contribution in [3.8, 4) is 0 Å². The lowest BCUT2D eigenvalue weighted by Gasteiger charge is -2.27. The van der Waals surface area contributed by atoms with Crippen LogP contribution in [-0.4, -0.2) is 93.8 Å². The molecule has 0 fully saturated rings. The van der Waals surface area contributed by atoms with Crippen LogP contribution < -0.4 is 38.1 Å². The van der Waals surface area contributed by atoms with E-state index >= 15 is 0 Å². The number of carbonyl (C=O) groups excluding carboxylic acids is 7. The monoisotopic (exact) mass is 894 g/mol. The molecule has 354 valence electrons. The van der Waals surface area contributed by atoms with Crippen molar-refractivity contribution >= 4 is 47.3 Å². The molecule has 0 unspecified atom stereocenters. The number of carbonyl (C=O) groups is 8.